The van der Waals surface area contributed by atoms with Crippen LogP contribution in [0, 0.1) is 0 Å². The second-order valence-electron chi connectivity index (χ2n) is 6.14. The summed E-state index contributed by atoms with van der Waals surface area (Å²) < 4.78 is 11.1. The summed E-state index contributed by atoms with van der Waals surface area (Å²) in [5.74, 6) is 1.37. The molecule has 3 aromatic rings. The number of para-hydroxylation sites is 1. The topological polar surface area (TPSA) is 42.7 Å². The van der Waals surface area contributed by atoms with Crippen LogP contribution in [-0.4, -0.2) is 31.0 Å². The Morgan fingerprint density at radius 1 is 1.17 bits per heavy atom. The van der Waals surface area contributed by atoms with Crippen molar-refractivity contribution >= 4 is 16.9 Å². The van der Waals surface area contributed by atoms with Crippen LogP contribution in [-0.2, 0) is 0 Å². The van der Waals surface area contributed by atoms with Crippen molar-refractivity contribution in [1.29, 1.82) is 0 Å². The Balaban J connectivity index is 1.56. The predicted octanol–water partition coefficient (Wildman–Crippen LogP) is 4.07. The van der Waals surface area contributed by atoms with Crippen LogP contribution in [0.25, 0.3) is 11.0 Å². The van der Waals surface area contributed by atoms with Gasteiger partial charge in [-0.25, -0.2) is 0 Å². The highest BCUT2D eigenvalue weighted by Gasteiger charge is 2.29. The Morgan fingerprint density at radius 2 is 2.00 bits per heavy atom. The lowest BCUT2D eigenvalue weighted by Gasteiger charge is -2.15. The number of hydrogen-bond donors (Lipinski definition) is 0. The maximum Gasteiger partial charge on any atom is 0.289 e. The van der Waals surface area contributed by atoms with Gasteiger partial charge in [0.15, 0.2) is 17.1 Å². The minimum Gasteiger partial charge on any atom is -0.493 e. The van der Waals surface area contributed by atoms with Crippen LogP contribution in [0.3, 0.4) is 0 Å². The zero-order valence-electron chi connectivity index (χ0n) is 13.6. The molecule has 1 unspecified atom stereocenters. The number of amides is 1. The molecule has 4 rings (SSSR count). The van der Waals surface area contributed by atoms with E-state index in [4.69, 9.17) is 9.15 Å². The van der Waals surface area contributed by atoms with E-state index in [1.807, 2.05) is 41.3 Å². The van der Waals surface area contributed by atoms with Gasteiger partial charge in [-0.05, 0) is 24.1 Å². The van der Waals surface area contributed by atoms with Crippen LogP contribution >= 0.6 is 0 Å². The number of rotatable bonds is 3. The van der Waals surface area contributed by atoms with E-state index in [0.717, 1.165) is 24.9 Å². The molecule has 2 heterocycles. The largest absolute Gasteiger partial charge is 0.493 e. The molecule has 4 heteroatoms. The Kier molecular flexibility index (Phi) is 3.73. The van der Waals surface area contributed by atoms with Gasteiger partial charge in [0, 0.05) is 24.4 Å². The molecule has 4 nitrogen and oxygen atoms in total. The first-order valence-electron chi connectivity index (χ1n) is 8.17. The average molecular weight is 321 g/mol. The second kappa shape index (κ2) is 6.04. The van der Waals surface area contributed by atoms with E-state index in [1.54, 1.807) is 13.2 Å². The molecule has 1 saturated heterocycles. The lowest BCUT2D eigenvalue weighted by atomic mass is 9.99. The summed E-state index contributed by atoms with van der Waals surface area (Å²) in [5.41, 5.74) is 1.92. The molecule has 2 aromatic carbocycles. The van der Waals surface area contributed by atoms with Crippen LogP contribution in [0.1, 0.15) is 28.5 Å². The third kappa shape index (κ3) is 2.54. The van der Waals surface area contributed by atoms with Gasteiger partial charge in [0.25, 0.3) is 5.91 Å². The number of fused-ring (bicyclic) bond motifs is 1. The molecule has 1 amide bonds. The summed E-state index contributed by atoms with van der Waals surface area (Å²) in [5, 5.41) is 0.886. The molecule has 0 N–H and O–H groups in total. The van der Waals surface area contributed by atoms with Crippen molar-refractivity contribution < 1.29 is 13.9 Å². The van der Waals surface area contributed by atoms with Crippen molar-refractivity contribution in [3.63, 3.8) is 0 Å². The monoisotopic (exact) mass is 321 g/mol. The van der Waals surface area contributed by atoms with Crippen LogP contribution < -0.4 is 4.74 Å². The van der Waals surface area contributed by atoms with Crippen molar-refractivity contribution in [2.45, 2.75) is 12.3 Å². The lowest BCUT2D eigenvalue weighted by Crippen LogP contribution is -2.28. The lowest BCUT2D eigenvalue weighted by molar-refractivity contribution is 0.0761. The van der Waals surface area contributed by atoms with E-state index < -0.39 is 0 Å². The van der Waals surface area contributed by atoms with E-state index in [0.29, 0.717) is 23.0 Å². The molecule has 1 aliphatic heterocycles. The SMILES string of the molecule is COc1cccc2cc(C(=O)N3CCC(c4ccccc4)C3)oc12. The van der Waals surface area contributed by atoms with Crippen molar-refractivity contribution in [1.82, 2.24) is 4.90 Å². The molecule has 1 aromatic heterocycles. The number of nitrogens with zero attached hydrogens (tertiary/aromatic N) is 1. The quantitative estimate of drug-likeness (QED) is 0.730. The zero-order chi connectivity index (χ0) is 16.5. The molecule has 1 fully saturated rings. The smallest absolute Gasteiger partial charge is 0.289 e. The maximum atomic E-state index is 12.8. The van der Waals surface area contributed by atoms with Gasteiger partial charge >= 0.3 is 0 Å². The van der Waals surface area contributed by atoms with Gasteiger partial charge in [-0.15, -0.1) is 0 Å². The second-order valence-corrected chi connectivity index (χ2v) is 6.14. The summed E-state index contributed by atoms with van der Waals surface area (Å²) in [7, 11) is 1.60. The van der Waals surface area contributed by atoms with E-state index >= 15 is 0 Å². The standard InChI is InChI=1S/C20H19NO3/c1-23-17-9-5-8-15-12-18(24-19(15)17)20(22)21-11-10-16(13-21)14-6-3-2-4-7-14/h2-9,12,16H,10-11,13H2,1H3. The number of carbonyl (C=O) groups excluding carboxylic acids is 1. The van der Waals surface area contributed by atoms with E-state index in [9.17, 15) is 4.79 Å². The van der Waals surface area contributed by atoms with Crippen LogP contribution in [0.15, 0.2) is 59.0 Å². The van der Waals surface area contributed by atoms with E-state index in [1.165, 1.54) is 5.56 Å². The molecule has 1 aliphatic rings. The van der Waals surface area contributed by atoms with Crippen molar-refractivity contribution in [3.8, 4) is 5.75 Å². The Morgan fingerprint density at radius 3 is 2.79 bits per heavy atom. The summed E-state index contributed by atoms with van der Waals surface area (Å²) in [6.45, 7) is 1.49. The van der Waals surface area contributed by atoms with E-state index in [-0.39, 0.29) is 5.91 Å². The number of likely N-dealkylation sites (tertiary alicyclic amines) is 1. The van der Waals surface area contributed by atoms with Gasteiger partial charge in [-0.3, -0.25) is 4.79 Å². The van der Waals surface area contributed by atoms with Gasteiger partial charge in [-0.2, -0.15) is 0 Å². The zero-order valence-corrected chi connectivity index (χ0v) is 13.6. The van der Waals surface area contributed by atoms with Gasteiger partial charge < -0.3 is 14.1 Å². The molecule has 0 saturated carbocycles. The van der Waals surface area contributed by atoms with Gasteiger partial charge in [0.2, 0.25) is 0 Å². The number of methoxy groups -OCH3 is 1. The average Bonchev–Trinajstić information content (AvgIpc) is 3.28. The minimum atomic E-state index is -0.0494. The molecule has 0 aliphatic carbocycles. The van der Waals surface area contributed by atoms with Gasteiger partial charge in [0.05, 0.1) is 7.11 Å². The molecule has 24 heavy (non-hydrogen) atoms. The summed E-state index contributed by atoms with van der Waals surface area (Å²) in [6, 6.07) is 17.8. The molecule has 1 atom stereocenters. The highest BCUT2D eigenvalue weighted by atomic mass is 16.5. The highest BCUT2D eigenvalue weighted by molar-refractivity contribution is 5.97. The summed E-state index contributed by atoms with van der Waals surface area (Å²) in [4.78, 5) is 14.7. The third-order valence-corrected chi connectivity index (χ3v) is 4.69. The van der Waals surface area contributed by atoms with E-state index in [2.05, 4.69) is 12.1 Å². The van der Waals surface area contributed by atoms with Gasteiger partial charge in [-0.1, -0.05) is 42.5 Å². The van der Waals surface area contributed by atoms with Crippen molar-refractivity contribution in [2.24, 2.45) is 0 Å². The maximum absolute atomic E-state index is 12.8. The number of furan rings is 1. The molecule has 0 radical (unpaired) electrons. The van der Waals surface area contributed by atoms with Crippen molar-refractivity contribution in [2.75, 3.05) is 20.2 Å². The van der Waals surface area contributed by atoms with Crippen LogP contribution in [0.5, 0.6) is 5.75 Å². The first-order valence-corrected chi connectivity index (χ1v) is 8.17. The number of ether oxygens (including phenoxy) is 1. The Hall–Kier alpha value is -2.75. The first kappa shape index (κ1) is 14.8. The number of benzene rings is 2. The molecule has 122 valence electrons. The van der Waals surface area contributed by atoms with Crippen LogP contribution in [0.2, 0.25) is 0 Å². The highest BCUT2D eigenvalue weighted by Crippen LogP contribution is 2.31. The summed E-state index contributed by atoms with van der Waals surface area (Å²) >= 11 is 0. The Bertz CT molecular complexity index is 869. The molecular weight excluding hydrogens is 302 g/mol. The van der Waals surface area contributed by atoms with Crippen molar-refractivity contribution in [3.05, 3.63) is 65.9 Å². The number of hydrogen-bond acceptors (Lipinski definition) is 3. The fourth-order valence-corrected chi connectivity index (χ4v) is 3.40. The minimum absolute atomic E-state index is 0.0494. The molecular formula is C20H19NO3. The third-order valence-electron chi connectivity index (χ3n) is 4.69. The summed E-state index contributed by atoms with van der Waals surface area (Å²) in [6.07, 6.45) is 0.985. The molecule has 0 bridgehead atoms. The first-order chi connectivity index (χ1) is 11.8. The normalized spacial score (nSPS) is 17.4. The van der Waals surface area contributed by atoms with Gasteiger partial charge in [0.1, 0.15) is 0 Å². The fourth-order valence-electron chi connectivity index (χ4n) is 3.40. The van der Waals surface area contributed by atoms with Crippen LogP contribution in [0.4, 0.5) is 0 Å². The molecule has 0 spiro atoms. The predicted molar refractivity (Wildman–Crippen MR) is 92.5 cm³/mol. The Labute approximate surface area is 140 Å². The fraction of sp³-hybridized carbons (Fsp3) is 0.250. The number of carbonyl (C=O) groups is 1.